The van der Waals surface area contributed by atoms with Crippen molar-refractivity contribution in [2.24, 2.45) is 5.92 Å². The summed E-state index contributed by atoms with van der Waals surface area (Å²) in [6.45, 7) is 2.93. The highest BCUT2D eigenvalue weighted by Gasteiger charge is 2.14. The van der Waals surface area contributed by atoms with Crippen molar-refractivity contribution in [3.8, 4) is 0 Å². The van der Waals surface area contributed by atoms with Crippen LogP contribution in [0.2, 0.25) is 5.02 Å². The Kier molecular flexibility index (Phi) is 4.40. The molecule has 0 saturated carbocycles. The van der Waals surface area contributed by atoms with Crippen LogP contribution in [-0.4, -0.2) is 25.5 Å². The topological polar surface area (TPSA) is 41.1 Å². The first-order chi connectivity index (χ1) is 8.25. The summed E-state index contributed by atoms with van der Waals surface area (Å²) in [6, 6.07) is 6.96. The van der Waals surface area contributed by atoms with Crippen molar-refractivity contribution in [1.82, 2.24) is 10.6 Å². The molecule has 1 saturated heterocycles. The third-order valence-electron chi connectivity index (χ3n) is 3.11. The zero-order valence-corrected chi connectivity index (χ0v) is 10.5. The molecule has 1 atom stereocenters. The van der Waals surface area contributed by atoms with Crippen LogP contribution in [0.3, 0.4) is 0 Å². The normalized spacial score (nSPS) is 19.2. The molecule has 1 aromatic carbocycles. The maximum Gasteiger partial charge on any atom is 0.251 e. The largest absolute Gasteiger partial charge is 0.352 e. The zero-order valence-electron chi connectivity index (χ0n) is 9.71. The molecule has 2 rings (SSSR count). The number of carbonyl (C=O) groups is 1. The van der Waals surface area contributed by atoms with Gasteiger partial charge in [-0.2, -0.15) is 0 Å². The minimum absolute atomic E-state index is 0.0207. The fourth-order valence-electron chi connectivity index (χ4n) is 2.05. The predicted molar refractivity (Wildman–Crippen MR) is 69.4 cm³/mol. The van der Waals surface area contributed by atoms with E-state index in [4.69, 9.17) is 11.6 Å². The van der Waals surface area contributed by atoms with Crippen molar-refractivity contribution in [2.75, 3.05) is 19.6 Å². The lowest BCUT2D eigenvalue weighted by atomic mass is 10.1. The van der Waals surface area contributed by atoms with Crippen LogP contribution < -0.4 is 10.6 Å². The molecular formula is C13H17ClN2O. The second-order valence-corrected chi connectivity index (χ2v) is 4.85. The Labute approximate surface area is 107 Å². The van der Waals surface area contributed by atoms with E-state index in [1.165, 1.54) is 6.42 Å². The monoisotopic (exact) mass is 252 g/mol. The van der Waals surface area contributed by atoms with E-state index in [2.05, 4.69) is 10.6 Å². The summed E-state index contributed by atoms with van der Waals surface area (Å²) in [4.78, 5) is 11.8. The van der Waals surface area contributed by atoms with Gasteiger partial charge in [0.25, 0.3) is 5.91 Å². The zero-order chi connectivity index (χ0) is 12.1. The first kappa shape index (κ1) is 12.4. The molecular weight excluding hydrogens is 236 g/mol. The number of amides is 1. The molecule has 0 radical (unpaired) electrons. The summed E-state index contributed by atoms with van der Waals surface area (Å²) >= 11 is 5.77. The average Bonchev–Trinajstić information content (AvgIpc) is 2.83. The van der Waals surface area contributed by atoms with Gasteiger partial charge in [0.2, 0.25) is 0 Å². The number of benzene rings is 1. The van der Waals surface area contributed by atoms with Crippen molar-refractivity contribution in [2.45, 2.75) is 12.8 Å². The van der Waals surface area contributed by atoms with Crippen molar-refractivity contribution >= 4 is 17.5 Å². The predicted octanol–water partition coefficient (Wildman–Crippen LogP) is 2.07. The van der Waals surface area contributed by atoms with Gasteiger partial charge in [-0.15, -0.1) is 0 Å². The highest BCUT2D eigenvalue weighted by molar-refractivity contribution is 6.30. The van der Waals surface area contributed by atoms with E-state index in [0.29, 0.717) is 16.5 Å². The summed E-state index contributed by atoms with van der Waals surface area (Å²) in [5, 5.41) is 6.91. The molecule has 1 aliphatic heterocycles. The van der Waals surface area contributed by atoms with Gasteiger partial charge < -0.3 is 10.6 Å². The minimum Gasteiger partial charge on any atom is -0.352 e. The molecule has 3 nitrogen and oxygen atoms in total. The van der Waals surface area contributed by atoms with Crippen LogP contribution in [0.4, 0.5) is 0 Å². The van der Waals surface area contributed by atoms with Crippen molar-refractivity contribution in [1.29, 1.82) is 0 Å². The lowest BCUT2D eigenvalue weighted by molar-refractivity contribution is 0.0951. The summed E-state index contributed by atoms with van der Waals surface area (Å²) < 4.78 is 0. The third kappa shape index (κ3) is 3.72. The van der Waals surface area contributed by atoms with Gasteiger partial charge in [0.15, 0.2) is 0 Å². The second-order valence-electron chi connectivity index (χ2n) is 4.41. The van der Waals surface area contributed by atoms with Crippen molar-refractivity contribution in [3.05, 3.63) is 34.9 Å². The summed E-state index contributed by atoms with van der Waals surface area (Å²) in [5.41, 5.74) is 0.666. The number of hydrogen-bond acceptors (Lipinski definition) is 2. The first-order valence-electron chi connectivity index (χ1n) is 6.00. The molecule has 0 aromatic heterocycles. The maximum absolute atomic E-state index is 11.8. The van der Waals surface area contributed by atoms with Crippen LogP contribution in [0.15, 0.2) is 24.3 Å². The van der Waals surface area contributed by atoms with Crippen LogP contribution in [0.1, 0.15) is 23.2 Å². The van der Waals surface area contributed by atoms with E-state index in [1.54, 1.807) is 24.3 Å². The number of halogens is 1. The van der Waals surface area contributed by atoms with E-state index in [1.807, 2.05) is 0 Å². The van der Waals surface area contributed by atoms with Gasteiger partial charge in [-0.25, -0.2) is 0 Å². The van der Waals surface area contributed by atoms with E-state index < -0.39 is 0 Å². The molecule has 0 bridgehead atoms. The molecule has 0 aliphatic carbocycles. The molecule has 1 amide bonds. The van der Waals surface area contributed by atoms with E-state index in [9.17, 15) is 4.79 Å². The molecule has 1 unspecified atom stereocenters. The number of rotatable bonds is 4. The standard InChI is InChI=1S/C13H17ClN2O/c14-12-3-1-11(2-4-12)13(17)16-8-6-10-5-7-15-9-10/h1-4,10,15H,5-9H2,(H,16,17). The van der Waals surface area contributed by atoms with Crippen LogP contribution in [-0.2, 0) is 0 Å². The minimum atomic E-state index is -0.0207. The van der Waals surface area contributed by atoms with Crippen LogP contribution in [0, 0.1) is 5.92 Å². The van der Waals surface area contributed by atoms with E-state index in [0.717, 1.165) is 26.1 Å². The number of carbonyl (C=O) groups excluding carboxylic acids is 1. The van der Waals surface area contributed by atoms with Gasteiger partial charge in [0, 0.05) is 17.1 Å². The third-order valence-corrected chi connectivity index (χ3v) is 3.36. The Hall–Kier alpha value is -1.06. The Morgan fingerprint density at radius 3 is 2.82 bits per heavy atom. The fourth-order valence-corrected chi connectivity index (χ4v) is 2.18. The Morgan fingerprint density at radius 2 is 2.18 bits per heavy atom. The molecule has 1 heterocycles. The van der Waals surface area contributed by atoms with E-state index >= 15 is 0 Å². The molecule has 0 spiro atoms. The van der Waals surface area contributed by atoms with Gasteiger partial charge in [-0.1, -0.05) is 11.6 Å². The molecule has 2 N–H and O–H groups in total. The smallest absolute Gasteiger partial charge is 0.251 e. The fraction of sp³-hybridized carbons (Fsp3) is 0.462. The molecule has 92 valence electrons. The summed E-state index contributed by atoms with van der Waals surface area (Å²) in [6.07, 6.45) is 2.27. The van der Waals surface area contributed by atoms with Gasteiger partial charge >= 0.3 is 0 Å². The maximum atomic E-state index is 11.8. The molecule has 1 aliphatic rings. The number of nitrogens with one attached hydrogen (secondary N) is 2. The highest BCUT2D eigenvalue weighted by Crippen LogP contribution is 2.12. The summed E-state index contributed by atoms with van der Waals surface area (Å²) in [5.74, 6) is 0.688. The Morgan fingerprint density at radius 1 is 1.41 bits per heavy atom. The van der Waals surface area contributed by atoms with Gasteiger partial charge in [-0.3, -0.25) is 4.79 Å². The SMILES string of the molecule is O=C(NCCC1CCNC1)c1ccc(Cl)cc1. The Balaban J connectivity index is 1.75. The molecule has 4 heteroatoms. The lowest BCUT2D eigenvalue weighted by Gasteiger charge is -2.09. The van der Waals surface area contributed by atoms with Gasteiger partial charge in [0.1, 0.15) is 0 Å². The number of hydrogen-bond donors (Lipinski definition) is 2. The lowest BCUT2D eigenvalue weighted by Crippen LogP contribution is -2.26. The molecule has 17 heavy (non-hydrogen) atoms. The second kappa shape index (κ2) is 6.03. The van der Waals surface area contributed by atoms with E-state index in [-0.39, 0.29) is 5.91 Å². The van der Waals surface area contributed by atoms with Gasteiger partial charge in [0.05, 0.1) is 0 Å². The van der Waals surface area contributed by atoms with Crippen LogP contribution >= 0.6 is 11.6 Å². The first-order valence-corrected chi connectivity index (χ1v) is 6.38. The van der Waals surface area contributed by atoms with Crippen LogP contribution in [0.25, 0.3) is 0 Å². The van der Waals surface area contributed by atoms with Crippen LogP contribution in [0.5, 0.6) is 0 Å². The Bertz CT molecular complexity index is 372. The molecule has 1 fully saturated rings. The van der Waals surface area contributed by atoms with Gasteiger partial charge in [-0.05, 0) is 56.1 Å². The average molecular weight is 253 g/mol. The quantitative estimate of drug-likeness (QED) is 0.861. The highest BCUT2D eigenvalue weighted by atomic mass is 35.5. The molecule has 1 aromatic rings. The summed E-state index contributed by atoms with van der Waals surface area (Å²) in [7, 11) is 0. The van der Waals surface area contributed by atoms with Crippen molar-refractivity contribution in [3.63, 3.8) is 0 Å². The van der Waals surface area contributed by atoms with Crippen molar-refractivity contribution < 1.29 is 4.79 Å².